The summed E-state index contributed by atoms with van der Waals surface area (Å²) < 4.78 is 77.4. The molecule has 1 aliphatic carbocycles. The highest BCUT2D eigenvalue weighted by molar-refractivity contribution is 7.92. The molecule has 5 aromatic heterocycles. The van der Waals surface area contributed by atoms with Crippen LogP contribution in [0.2, 0.25) is 20.1 Å². The van der Waals surface area contributed by atoms with Crippen LogP contribution in [0.25, 0.3) is 22.0 Å². The molecule has 11 heterocycles. The standard InChI is InChI=1S/C30H40ClN7O3S.C30H34N4O2.C26H34ClN6O2P.C21H22Cl2FN5O/c1-21(2)42(39,40)28-8-6-5-7-26(28)33-29-24(31)20-32-30(35-29)34-25-10-9-23(19-27(25)41-4)37-13-11-22(12-14-37)38-17-15-36(3)16-18-38;1-4-20-16-23-24(17-26(20)34-9-7-21(8-10-34)33-11-13-36-14-12-33)30(2,3)29-27(28(23)35)22-6-5-19(18-31)15-25(22)32-29;1-32(2)18-12-14-33(15-13-18)19-10-11-21(23(16-19)35-3)30-26-28-17-20(27)25(31-26)29-22-8-6-7-9-24(22)36(4,5)34;1-12(19-16(22)2-3-17(24)20(19)23)30-18-8-13(9-27-21(18)25)14-10-28-29(11-14)15-4-6-26-7-5-15/h5-10,19-22H,11-18H2,1-4H3,(H2,32,33,34,35);5-6,15-17,21,32H,4,7-14H2,1-3H3;6-11,16-18H,12-15H2,1-5H3,(H2,28,29,30,31);2-3,8-12,15,26H,4-7H2,1H3,(H2,25,27)/t;;;12-/m...1/s1. The lowest BCUT2D eigenvalue weighted by molar-refractivity contribution is 0.0115. The number of nitrogen functional groups attached to an aromatic ring is 1. The Kier molecular flexibility index (Phi) is 34.1. The lowest BCUT2D eigenvalue weighted by Gasteiger charge is -2.42. The van der Waals surface area contributed by atoms with E-state index in [4.69, 9.17) is 71.1 Å². The van der Waals surface area contributed by atoms with Crippen LogP contribution in [0.1, 0.15) is 149 Å². The van der Waals surface area contributed by atoms with Gasteiger partial charge in [0.1, 0.15) is 40.6 Å². The molecule has 7 aliphatic rings. The number of likely N-dealkylation sites (N-methyl/N-ethyl adjacent to an activating group) is 1. The molecule has 8 N–H and O–H groups in total. The molecule has 19 rings (SSSR count). The Bertz CT molecular complexity index is 6780. The van der Waals surface area contributed by atoms with E-state index in [1.54, 1.807) is 90.9 Å². The largest absolute Gasteiger partial charge is 0.494 e. The fourth-order valence-corrected chi connectivity index (χ4v) is 23.4. The number of ketones is 1. The molecule has 0 radical (unpaired) electrons. The number of carbonyl (C=O) groups excluding carboxylic acids is 1. The van der Waals surface area contributed by atoms with E-state index in [9.17, 15) is 27.4 Å². The number of morpholine rings is 1. The van der Waals surface area contributed by atoms with Crippen molar-refractivity contribution in [3.63, 3.8) is 0 Å². The first kappa shape index (κ1) is 105. The van der Waals surface area contributed by atoms with Crippen LogP contribution in [0.3, 0.4) is 0 Å². The number of methoxy groups -OCH3 is 2. The topological polar surface area (TPSA) is 336 Å². The van der Waals surface area contributed by atoms with E-state index in [1.165, 1.54) is 35.8 Å². The highest BCUT2D eigenvalue weighted by atomic mass is 35.5. The van der Waals surface area contributed by atoms with Crippen LogP contribution in [-0.4, -0.2) is 250 Å². The number of nitriles is 1. The first-order chi connectivity index (χ1) is 69.2. The van der Waals surface area contributed by atoms with Crippen molar-refractivity contribution >= 4 is 155 Å². The molecule has 0 saturated carbocycles. The average molecular weight is 2080 g/mol. The average Bonchev–Trinajstić information content (AvgIpc) is 1.52. The number of nitrogens with one attached hydrogen (secondary N) is 6. The van der Waals surface area contributed by atoms with Gasteiger partial charge in [-0.1, -0.05) is 97.5 Å². The molecule has 0 bridgehead atoms. The van der Waals surface area contributed by atoms with Gasteiger partial charge < -0.3 is 85.3 Å². The number of halogens is 5. The molecular weight excluding hydrogens is 1950 g/mol. The third-order valence-electron chi connectivity index (χ3n) is 28.6. The molecule has 6 fully saturated rings. The number of hydrogen-bond donors (Lipinski definition) is 7. The monoisotopic (exact) mass is 2070 g/mol. The molecule has 762 valence electrons. The fraction of sp³-hybridized carbons (Fsp3) is 0.421. The molecule has 7 aromatic carbocycles. The number of fused-ring (bicyclic) bond motifs is 4. The van der Waals surface area contributed by atoms with Crippen LogP contribution >= 0.6 is 53.5 Å². The van der Waals surface area contributed by atoms with Gasteiger partial charge in [-0.05, 0) is 228 Å². The predicted octanol–water partition coefficient (Wildman–Crippen LogP) is 20.2. The number of para-hydroxylation sites is 2. The van der Waals surface area contributed by atoms with Gasteiger partial charge in [-0.3, -0.25) is 19.3 Å². The summed E-state index contributed by atoms with van der Waals surface area (Å²) in [6.45, 7) is 31.6. The summed E-state index contributed by atoms with van der Waals surface area (Å²) in [5.41, 5.74) is 20.2. The number of aromatic nitrogens is 8. The number of H-pyrrole nitrogens is 1. The molecule has 6 aliphatic heterocycles. The van der Waals surface area contributed by atoms with Crippen LogP contribution in [0.5, 0.6) is 17.2 Å². The van der Waals surface area contributed by atoms with Crippen LogP contribution in [0.15, 0.2) is 169 Å². The molecule has 30 nitrogen and oxygen atoms in total. The first-order valence-corrected chi connectivity index (χ1v) is 55.0. The van der Waals surface area contributed by atoms with Gasteiger partial charge in [-0.2, -0.15) is 20.3 Å². The maximum Gasteiger partial charge on any atom is 0.229 e. The summed E-state index contributed by atoms with van der Waals surface area (Å²) in [4.78, 5) is 57.0. The summed E-state index contributed by atoms with van der Waals surface area (Å²) in [6.07, 6.45) is 17.8. The minimum Gasteiger partial charge on any atom is -0.494 e. The Morgan fingerprint density at radius 2 is 1.22 bits per heavy atom. The summed E-state index contributed by atoms with van der Waals surface area (Å²) in [5.74, 6) is 2.88. The number of nitrogens with zero attached hydrogens (tertiary/aromatic N) is 15. The zero-order chi connectivity index (χ0) is 102. The second-order valence-corrected chi connectivity index (χ2v) is 46.3. The Morgan fingerprint density at radius 3 is 1.80 bits per heavy atom. The number of aryl methyl sites for hydroxylation is 1. The Labute approximate surface area is 863 Å². The van der Waals surface area contributed by atoms with E-state index in [0.29, 0.717) is 103 Å². The first-order valence-electron chi connectivity index (χ1n) is 49.4. The maximum atomic E-state index is 13.9. The van der Waals surface area contributed by atoms with Gasteiger partial charge in [0.15, 0.2) is 38.8 Å². The second-order valence-electron chi connectivity index (χ2n) is 39.0. The van der Waals surface area contributed by atoms with Crippen molar-refractivity contribution in [2.24, 2.45) is 0 Å². The van der Waals surface area contributed by atoms with Crippen molar-refractivity contribution in [3.05, 3.63) is 229 Å². The minimum atomic E-state index is -3.52. The van der Waals surface area contributed by atoms with Crippen molar-refractivity contribution in [3.8, 4) is 34.4 Å². The van der Waals surface area contributed by atoms with E-state index >= 15 is 0 Å². The molecule has 0 unspecified atom stereocenters. The van der Waals surface area contributed by atoms with Gasteiger partial charge in [-0.25, -0.2) is 27.8 Å². The van der Waals surface area contributed by atoms with Crippen molar-refractivity contribution < 1.29 is 41.1 Å². The Morgan fingerprint density at radius 1 is 0.639 bits per heavy atom. The third kappa shape index (κ3) is 24.3. The predicted molar refractivity (Wildman–Crippen MR) is 579 cm³/mol. The molecule has 144 heavy (non-hydrogen) atoms. The highest BCUT2D eigenvalue weighted by Gasteiger charge is 2.42. The number of hydrogen-bond acceptors (Lipinski definition) is 28. The molecule has 1 atom stereocenters. The van der Waals surface area contributed by atoms with Gasteiger partial charge in [-0.15, -0.1) is 0 Å². The number of rotatable bonds is 25. The van der Waals surface area contributed by atoms with Gasteiger partial charge in [0, 0.05) is 193 Å². The molecule has 37 heteroatoms. The van der Waals surface area contributed by atoms with Gasteiger partial charge >= 0.3 is 0 Å². The summed E-state index contributed by atoms with van der Waals surface area (Å²) >= 11 is 25.1. The Balaban J connectivity index is 0.000000139. The number of piperazine rings is 1. The van der Waals surface area contributed by atoms with Crippen LogP contribution in [-0.2, 0) is 31.0 Å². The quantitative estimate of drug-likeness (QED) is 0.0206. The van der Waals surface area contributed by atoms with Crippen molar-refractivity contribution in [2.75, 3.05) is 195 Å². The van der Waals surface area contributed by atoms with E-state index in [0.717, 1.165) is 229 Å². The van der Waals surface area contributed by atoms with E-state index in [1.807, 2.05) is 77.7 Å². The van der Waals surface area contributed by atoms with Crippen molar-refractivity contribution in [2.45, 2.75) is 145 Å². The normalized spacial score (nSPS) is 17.1. The lowest BCUT2D eigenvalue weighted by atomic mass is 9.70. The van der Waals surface area contributed by atoms with E-state index < -0.39 is 34.2 Å². The SMILES string of the molecule is CCc1cc2c(cc1N1CCC(N3CCOCC3)CC1)C(C)(C)c1[nH]c3cc(C#N)ccc3c1C2=O.COc1cc(N2CCC(N(C)C)CC2)ccc1Nc1ncc(Cl)c(Nc2ccccc2P(C)(C)=O)n1.COc1cc(N2CCC(N3CCN(C)CC3)CC2)ccc1Nc1ncc(Cl)c(Nc2ccccc2S(=O)(=O)C(C)C)n1.C[C@@H](Oc1cc(-c2cnn(C3CCNCC3)c2)cnc1N)c1c(Cl)ccc(F)c1Cl. The molecular formula is C107H130Cl4FN22O8PS. The number of sulfone groups is 1. The van der Waals surface area contributed by atoms with Gasteiger partial charge in [0.25, 0.3) is 0 Å². The number of nitrogens with two attached hydrogens (primary N) is 1. The number of aromatic amines is 1. The number of carbonyl (C=O) groups is 1. The van der Waals surface area contributed by atoms with E-state index in [2.05, 4.69) is 168 Å². The number of anilines is 12. The second kappa shape index (κ2) is 46.5. The lowest BCUT2D eigenvalue weighted by Crippen LogP contribution is -2.52. The number of benzene rings is 7. The Hall–Kier alpha value is -11.4. The number of pyridine rings is 1. The molecule has 12 aromatic rings. The van der Waals surface area contributed by atoms with Gasteiger partial charge in [0.2, 0.25) is 11.9 Å². The van der Waals surface area contributed by atoms with E-state index in [-0.39, 0.29) is 32.0 Å². The highest BCUT2D eigenvalue weighted by Crippen LogP contribution is 2.49. The van der Waals surface area contributed by atoms with Crippen molar-refractivity contribution in [1.82, 2.24) is 64.6 Å². The number of piperidine rings is 4. The fourth-order valence-electron chi connectivity index (χ4n) is 20.1. The molecule has 0 spiro atoms. The zero-order valence-electron chi connectivity index (χ0n) is 84.0. The number of ether oxygens (including phenoxy) is 4. The summed E-state index contributed by atoms with van der Waals surface area (Å²) in [5, 5.41) is 32.0. The summed E-state index contributed by atoms with van der Waals surface area (Å²) in [7, 11) is 3.77. The van der Waals surface area contributed by atoms with Crippen LogP contribution < -0.4 is 66.5 Å². The van der Waals surface area contributed by atoms with Gasteiger partial charge in [0.05, 0.1) is 107 Å². The molecule has 0 amide bonds. The maximum absolute atomic E-state index is 13.9. The molecule has 6 saturated heterocycles. The minimum absolute atomic E-state index is 0.0686. The third-order valence-corrected chi connectivity index (χ3v) is 33.6. The van der Waals surface area contributed by atoms with Crippen molar-refractivity contribution in [1.29, 1.82) is 5.26 Å². The smallest absolute Gasteiger partial charge is 0.229 e. The van der Waals surface area contributed by atoms with Crippen LogP contribution in [0, 0.1) is 17.1 Å². The van der Waals surface area contributed by atoms with Crippen LogP contribution in [0.4, 0.5) is 73.6 Å². The summed E-state index contributed by atoms with van der Waals surface area (Å²) in [6, 6.07) is 45.4. The zero-order valence-corrected chi connectivity index (χ0v) is 88.8.